The highest BCUT2D eigenvalue weighted by Crippen LogP contribution is 2.29. The SMILES string of the molecule is C=CCn1c(COc2ccc(Cl)cc2)nnc1SC(C)C(=O)NC1(C#N)CCCCC1. The number of nitrogens with one attached hydrogen (secondary N) is 1. The third kappa shape index (κ3) is 6.02. The van der Waals surface area contributed by atoms with Crippen LogP contribution in [0.4, 0.5) is 0 Å². The average Bonchev–Trinajstić information content (AvgIpc) is 3.15. The largest absolute Gasteiger partial charge is 0.486 e. The number of thioether (sulfide) groups is 1. The van der Waals surface area contributed by atoms with Crippen LogP contribution in [0, 0.1) is 11.3 Å². The first kappa shape index (κ1) is 23.2. The molecule has 1 N–H and O–H groups in total. The first-order valence-corrected chi connectivity index (χ1v) is 11.5. The molecule has 1 unspecified atom stereocenters. The molecule has 31 heavy (non-hydrogen) atoms. The molecule has 0 saturated heterocycles. The van der Waals surface area contributed by atoms with Crippen molar-refractivity contribution in [2.45, 2.75) is 68.1 Å². The Morgan fingerprint density at radius 1 is 1.39 bits per heavy atom. The predicted molar refractivity (Wildman–Crippen MR) is 121 cm³/mol. The van der Waals surface area contributed by atoms with Crippen molar-refractivity contribution in [3.63, 3.8) is 0 Å². The second kappa shape index (κ2) is 10.7. The molecule has 0 bridgehead atoms. The van der Waals surface area contributed by atoms with Gasteiger partial charge >= 0.3 is 0 Å². The van der Waals surface area contributed by atoms with E-state index in [2.05, 4.69) is 28.2 Å². The van der Waals surface area contributed by atoms with Gasteiger partial charge in [0, 0.05) is 11.6 Å². The summed E-state index contributed by atoms with van der Waals surface area (Å²) in [5.41, 5.74) is -0.753. The smallest absolute Gasteiger partial charge is 0.234 e. The highest BCUT2D eigenvalue weighted by molar-refractivity contribution is 8.00. The maximum Gasteiger partial charge on any atom is 0.234 e. The number of carbonyl (C=O) groups excluding carboxylic acids is 1. The van der Waals surface area contributed by atoms with Crippen molar-refractivity contribution < 1.29 is 9.53 Å². The molecule has 1 atom stereocenters. The van der Waals surface area contributed by atoms with E-state index in [-0.39, 0.29) is 12.5 Å². The van der Waals surface area contributed by atoms with Gasteiger partial charge in [-0.15, -0.1) is 16.8 Å². The van der Waals surface area contributed by atoms with Gasteiger partial charge in [0.15, 0.2) is 11.0 Å². The van der Waals surface area contributed by atoms with Crippen LogP contribution in [0.2, 0.25) is 5.02 Å². The lowest BCUT2D eigenvalue weighted by molar-refractivity contribution is -0.121. The molecule has 0 radical (unpaired) electrons. The van der Waals surface area contributed by atoms with Crippen LogP contribution in [-0.4, -0.2) is 31.5 Å². The van der Waals surface area contributed by atoms with Crippen molar-refractivity contribution in [2.24, 2.45) is 0 Å². The van der Waals surface area contributed by atoms with Crippen LogP contribution in [0.3, 0.4) is 0 Å². The fourth-order valence-corrected chi connectivity index (χ4v) is 4.48. The lowest BCUT2D eigenvalue weighted by Gasteiger charge is -2.32. The van der Waals surface area contributed by atoms with Crippen LogP contribution in [-0.2, 0) is 17.9 Å². The Balaban J connectivity index is 1.66. The number of hydrogen-bond donors (Lipinski definition) is 1. The molecule has 1 amide bonds. The molecule has 1 aliphatic carbocycles. The molecular weight excluding hydrogens is 434 g/mol. The van der Waals surface area contributed by atoms with Crippen molar-refractivity contribution in [1.82, 2.24) is 20.1 Å². The number of allylic oxidation sites excluding steroid dienone is 1. The summed E-state index contributed by atoms with van der Waals surface area (Å²) >= 11 is 7.21. The van der Waals surface area contributed by atoms with Crippen molar-refractivity contribution in [3.8, 4) is 11.8 Å². The van der Waals surface area contributed by atoms with E-state index in [9.17, 15) is 10.1 Å². The number of nitrogens with zero attached hydrogens (tertiary/aromatic N) is 4. The number of amides is 1. The number of nitriles is 1. The summed E-state index contributed by atoms with van der Waals surface area (Å²) in [6, 6.07) is 9.41. The van der Waals surface area contributed by atoms with Gasteiger partial charge in [-0.05, 0) is 44.0 Å². The Bertz CT molecular complexity index is 948. The van der Waals surface area contributed by atoms with Gasteiger partial charge < -0.3 is 10.1 Å². The minimum atomic E-state index is -0.753. The van der Waals surface area contributed by atoms with Crippen LogP contribution in [0.15, 0.2) is 42.1 Å². The fraction of sp³-hybridized carbons (Fsp3) is 0.455. The van der Waals surface area contributed by atoms with E-state index in [1.54, 1.807) is 30.3 Å². The molecule has 0 aliphatic heterocycles. The van der Waals surface area contributed by atoms with Crippen molar-refractivity contribution in [1.29, 1.82) is 5.26 Å². The highest BCUT2D eigenvalue weighted by Gasteiger charge is 2.35. The van der Waals surface area contributed by atoms with Gasteiger partial charge in [0.25, 0.3) is 0 Å². The standard InChI is InChI=1S/C22H26ClN5O2S/c1-3-13-28-19(14-30-18-9-7-17(23)8-10-18)26-27-21(28)31-16(2)20(29)25-22(15-24)11-5-4-6-12-22/h3,7-10,16H,1,4-6,11-14H2,2H3,(H,25,29). The Kier molecular flexibility index (Phi) is 7.99. The van der Waals surface area contributed by atoms with E-state index in [0.29, 0.717) is 41.1 Å². The van der Waals surface area contributed by atoms with Crippen LogP contribution in [0.1, 0.15) is 44.9 Å². The van der Waals surface area contributed by atoms with Gasteiger partial charge in [0.1, 0.15) is 17.9 Å². The summed E-state index contributed by atoms with van der Waals surface area (Å²) in [6.45, 7) is 6.33. The van der Waals surface area contributed by atoms with Crippen molar-refractivity contribution in [2.75, 3.05) is 0 Å². The minimum absolute atomic E-state index is 0.166. The van der Waals surface area contributed by atoms with Gasteiger partial charge in [-0.25, -0.2) is 0 Å². The monoisotopic (exact) mass is 459 g/mol. The molecule has 7 nitrogen and oxygen atoms in total. The number of hydrogen-bond acceptors (Lipinski definition) is 6. The first-order valence-electron chi connectivity index (χ1n) is 10.3. The van der Waals surface area contributed by atoms with E-state index in [1.165, 1.54) is 11.8 Å². The molecule has 3 rings (SSSR count). The minimum Gasteiger partial charge on any atom is -0.486 e. The quantitative estimate of drug-likeness (QED) is 0.437. The lowest BCUT2D eigenvalue weighted by Crippen LogP contribution is -2.51. The molecule has 0 spiro atoms. The van der Waals surface area contributed by atoms with E-state index in [4.69, 9.17) is 16.3 Å². The summed E-state index contributed by atoms with van der Waals surface area (Å²) in [5, 5.41) is 21.9. The zero-order chi connectivity index (χ0) is 22.3. The van der Waals surface area contributed by atoms with Crippen LogP contribution in [0.25, 0.3) is 0 Å². The molecule has 1 heterocycles. The second-order valence-electron chi connectivity index (χ2n) is 7.54. The summed E-state index contributed by atoms with van der Waals surface area (Å²) in [5.74, 6) is 1.14. The van der Waals surface area contributed by atoms with E-state index < -0.39 is 10.8 Å². The Labute approximate surface area is 191 Å². The molecule has 1 aromatic carbocycles. The molecule has 2 aromatic rings. The highest BCUT2D eigenvalue weighted by atomic mass is 35.5. The summed E-state index contributed by atoms with van der Waals surface area (Å²) in [7, 11) is 0. The number of rotatable bonds is 9. The maximum absolute atomic E-state index is 12.8. The van der Waals surface area contributed by atoms with Crippen molar-refractivity contribution >= 4 is 29.3 Å². The number of aromatic nitrogens is 3. The van der Waals surface area contributed by atoms with E-state index >= 15 is 0 Å². The van der Waals surface area contributed by atoms with E-state index in [0.717, 1.165) is 19.3 Å². The van der Waals surface area contributed by atoms with Crippen molar-refractivity contribution in [3.05, 3.63) is 47.8 Å². The Hall–Kier alpha value is -2.50. The number of halogens is 1. The maximum atomic E-state index is 12.8. The van der Waals surface area contributed by atoms with Gasteiger partial charge in [-0.2, -0.15) is 5.26 Å². The third-order valence-corrected chi connectivity index (χ3v) is 6.55. The van der Waals surface area contributed by atoms with Gasteiger partial charge in [0.2, 0.25) is 5.91 Å². The second-order valence-corrected chi connectivity index (χ2v) is 9.29. The van der Waals surface area contributed by atoms with E-state index in [1.807, 2.05) is 11.5 Å². The number of carbonyl (C=O) groups is 1. The van der Waals surface area contributed by atoms with Crippen LogP contribution >= 0.6 is 23.4 Å². The van der Waals surface area contributed by atoms with Gasteiger partial charge in [-0.3, -0.25) is 9.36 Å². The number of ether oxygens (including phenoxy) is 1. The zero-order valence-corrected chi connectivity index (χ0v) is 19.1. The summed E-state index contributed by atoms with van der Waals surface area (Å²) < 4.78 is 7.66. The topological polar surface area (TPSA) is 92.8 Å². The normalized spacial score (nSPS) is 16.2. The predicted octanol–water partition coefficient (Wildman–Crippen LogP) is 4.52. The molecule has 1 aliphatic rings. The van der Waals surface area contributed by atoms with Crippen LogP contribution < -0.4 is 10.1 Å². The first-order chi connectivity index (χ1) is 15.0. The Morgan fingerprint density at radius 2 is 2.10 bits per heavy atom. The zero-order valence-electron chi connectivity index (χ0n) is 17.5. The number of benzene rings is 1. The Morgan fingerprint density at radius 3 is 2.74 bits per heavy atom. The molecule has 164 valence electrons. The molecule has 1 aromatic heterocycles. The van der Waals surface area contributed by atoms with Crippen LogP contribution in [0.5, 0.6) is 5.75 Å². The van der Waals surface area contributed by atoms with Gasteiger partial charge in [-0.1, -0.05) is 48.7 Å². The summed E-state index contributed by atoms with van der Waals surface area (Å²) in [4.78, 5) is 12.8. The molecule has 1 saturated carbocycles. The molecule has 1 fully saturated rings. The van der Waals surface area contributed by atoms with Gasteiger partial charge in [0.05, 0.1) is 11.3 Å². The fourth-order valence-electron chi connectivity index (χ4n) is 3.47. The third-order valence-electron chi connectivity index (χ3n) is 5.22. The average molecular weight is 460 g/mol. The molecule has 9 heteroatoms. The summed E-state index contributed by atoms with van der Waals surface area (Å²) in [6.07, 6.45) is 6.17. The molecular formula is C22H26ClN5O2S. The lowest BCUT2D eigenvalue weighted by atomic mass is 9.83.